The third-order valence-electron chi connectivity index (χ3n) is 1.38. The molecule has 0 radical (unpaired) electrons. The number of nitrogens with two attached hydrogens (primary N) is 1. The van der Waals surface area contributed by atoms with E-state index in [9.17, 15) is 4.39 Å². The van der Waals surface area contributed by atoms with Crippen LogP contribution in [0.3, 0.4) is 0 Å². The van der Waals surface area contributed by atoms with E-state index in [2.05, 4.69) is 4.98 Å². The van der Waals surface area contributed by atoms with Gasteiger partial charge in [0.1, 0.15) is 0 Å². The molecule has 1 aromatic rings. The smallest absolute Gasteiger partial charge is 0.214 e. The first-order valence-electron chi connectivity index (χ1n) is 3.53. The maximum atomic E-state index is 12.6. The molecular weight excluding hydrogens is 157 g/mol. The highest BCUT2D eigenvalue weighted by molar-refractivity contribution is 5.29. The lowest BCUT2D eigenvalue weighted by Gasteiger charge is -1.97. The van der Waals surface area contributed by atoms with E-state index in [0.29, 0.717) is 18.7 Å². The summed E-state index contributed by atoms with van der Waals surface area (Å²) in [5, 5.41) is 8.48. The SMILES string of the molecule is N#Cc1cc(F)nc(CCN)c1. The summed E-state index contributed by atoms with van der Waals surface area (Å²) < 4.78 is 12.6. The molecule has 0 aromatic carbocycles. The minimum atomic E-state index is -0.627. The average molecular weight is 165 g/mol. The second kappa shape index (κ2) is 3.79. The highest BCUT2D eigenvalue weighted by Gasteiger charge is 2.00. The van der Waals surface area contributed by atoms with Gasteiger partial charge in [0.05, 0.1) is 11.6 Å². The summed E-state index contributed by atoms with van der Waals surface area (Å²) in [4.78, 5) is 3.57. The number of hydrogen-bond donors (Lipinski definition) is 1. The average Bonchev–Trinajstić information content (AvgIpc) is 2.04. The summed E-state index contributed by atoms with van der Waals surface area (Å²) in [5.41, 5.74) is 6.06. The lowest BCUT2D eigenvalue weighted by Crippen LogP contribution is -2.05. The summed E-state index contributed by atoms with van der Waals surface area (Å²) >= 11 is 0. The highest BCUT2D eigenvalue weighted by atomic mass is 19.1. The fraction of sp³-hybridized carbons (Fsp3) is 0.250. The van der Waals surface area contributed by atoms with E-state index in [4.69, 9.17) is 11.0 Å². The van der Waals surface area contributed by atoms with Crippen LogP contribution in [0.2, 0.25) is 0 Å². The van der Waals surface area contributed by atoms with Crippen LogP contribution in [0, 0.1) is 17.3 Å². The predicted octanol–water partition coefficient (Wildman–Crippen LogP) is 0.594. The molecule has 1 heterocycles. The number of halogens is 1. The molecule has 0 aliphatic rings. The zero-order valence-corrected chi connectivity index (χ0v) is 6.42. The second-order valence-electron chi connectivity index (χ2n) is 2.32. The van der Waals surface area contributed by atoms with Gasteiger partial charge in [0.25, 0.3) is 0 Å². The summed E-state index contributed by atoms with van der Waals surface area (Å²) in [6.45, 7) is 0.404. The molecule has 0 saturated carbocycles. The first kappa shape index (κ1) is 8.62. The van der Waals surface area contributed by atoms with E-state index in [0.717, 1.165) is 6.07 Å². The first-order chi connectivity index (χ1) is 5.76. The van der Waals surface area contributed by atoms with Gasteiger partial charge in [-0.05, 0) is 12.6 Å². The Bertz CT molecular complexity index is 317. The van der Waals surface area contributed by atoms with Crippen LogP contribution in [0.5, 0.6) is 0 Å². The molecule has 3 nitrogen and oxygen atoms in total. The van der Waals surface area contributed by atoms with Gasteiger partial charge in [0, 0.05) is 18.2 Å². The molecule has 0 bridgehead atoms. The molecule has 0 amide bonds. The van der Waals surface area contributed by atoms with Crippen molar-refractivity contribution in [1.29, 1.82) is 5.26 Å². The van der Waals surface area contributed by atoms with Gasteiger partial charge in [-0.25, -0.2) is 4.98 Å². The Hall–Kier alpha value is -1.47. The van der Waals surface area contributed by atoms with Crippen molar-refractivity contribution in [1.82, 2.24) is 4.98 Å². The van der Waals surface area contributed by atoms with E-state index in [-0.39, 0.29) is 5.56 Å². The van der Waals surface area contributed by atoms with Gasteiger partial charge in [0.15, 0.2) is 0 Å². The van der Waals surface area contributed by atoms with Crippen molar-refractivity contribution in [2.24, 2.45) is 5.73 Å². The second-order valence-corrected chi connectivity index (χ2v) is 2.32. The molecule has 4 heteroatoms. The lowest BCUT2D eigenvalue weighted by molar-refractivity contribution is 0.576. The Morgan fingerprint density at radius 2 is 2.33 bits per heavy atom. The summed E-state index contributed by atoms with van der Waals surface area (Å²) in [5.74, 6) is -0.627. The minimum absolute atomic E-state index is 0.283. The minimum Gasteiger partial charge on any atom is -0.330 e. The van der Waals surface area contributed by atoms with Crippen molar-refractivity contribution in [2.75, 3.05) is 6.54 Å². The number of aromatic nitrogens is 1. The monoisotopic (exact) mass is 165 g/mol. The molecule has 0 spiro atoms. The van der Waals surface area contributed by atoms with Gasteiger partial charge >= 0.3 is 0 Å². The van der Waals surface area contributed by atoms with Crippen LogP contribution in [0.15, 0.2) is 12.1 Å². The summed E-state index contributed by atoms with van der Waals surface area (Å²) in [7, 11) is 0. The molecule has 1 aromatic heterocycles. The first-order valence-corrected chi connectivity index (χ1v) is 3.53. The normalized spacial score (nSPS) is 9.42. The predicted molar refractivity (Wildman–Crippen MR) is 41.7 cm³/mol. The van der Waals surface area contributed by atoms with Crippen LogP contribution < -0.4 is 5.73 Å². The molecule has 2 N–H and O–H groups in total. The number of nitriles is 1. The quantitative estimate of drug-likeness (QED) is 0.652. The van der Waals surface area contributed by atoms with E-state index in [1.165, 1.54) is 6.07 Å². The summed E-state index contributed by atoms with van der Waals surface area (Å²) in [6.07, 6.45) is 0.493. The Kier molecular flexibility index (Phi) is 2.72. The molecule has 0 saturated heterocycles. The molecule has 12 heavy (non-hydrogen) atoms. The molecule has 0 atom stereocenters. The molecule has 0 unspecified atom stereocenters. The van der Waals surface area contributed by atoms with Gasteiger partial charge in [0.2, 0.25) is 5.95 Å². The van der Waals surface area contributed by atoms with Crippen LogP contribution in [0.1, 0.15) is 11.3 Å². The Morgan fingerprint density at radius 3 is 2.92 bits per heavy atom. The van der Waals surface area contributed by atoms with Gasteiger partial charge in [-0.2, -0.15) is 9.65 Å². The van der Waals surface area contributed by atoms with Gasteiger partial charge < -0.3 is 5.73 Å². The molecule has 0 fully saturated rings. The van der Waals surface area contributed by atoms with Crippen molar-refractivity contribution < 1.29 is 4.39 Å². The Balaban J connectivity index is 3.00. The van der Waals surface area contributed by atoms with E-state index >= 15 is 0 Å². The summed E-state index contributed by atoms with van der Waals surface area (Å²) in [6, 6.07) is 4.48. The van der Waals surface area contributed by atoms with Crippen molar-refractivity contribution in [3.63, 3.8) is 0 Å². The van der Waals surface area contributed by atoms with Crippen LogP contribution in [0.25, 0.3) is 0 Å². The van der Waals surface area contributed by atoms with Crippen molar-refractivity contribution in [3.8, 4) is 6.07 Å². The van der Waals surface area contributed by atoms with Crippen molar-refractivity contribution in [3.05, 3.63) is 29.3 Å². The van der Waals surface area contributed by atoms with E-state index < -0.39 is 5.95 Å². The molecule has 62 valence electrons. The van der Waals surface area contributed by atoms with Crippen LogP contribution in [-0.2, 0) is 6.42 Å². The van der Waals surface area contributed by atoms with Gasteiger partial charge in [-0.15, -0.1) is 0 Å². The topological polar surface area (TPSA) is 62.7 Å². The van der Waals surface area contributed by atoms with Gasteiger partial charge in [-0.1, -0.05) is 0 Å². The molecular formula is C8H8FN3. The fourth-order valence-electron chi connectivity index (χ4n) is 0.892. The maximum absolute atomic E-state index is 12.6. The Labute approximate surface area is 69.6 Å². The number of pyridine rings is 1. The van der Waals surface area contributed by atoms with Crippen molar-refractivity contribution >= 4 is 0 Å². The third kappa shape index (κ3) is 2.01. The zero-order valence-electron chi connectivity index (χ0n) is 6.42. The van der Waals surface area contributed by atoms with E-state index in [1.54, 1.807) is 0 Å². The van der Waals surface area contributed by atoms with Gasteiger partial charge in [-0.3, -0.25) is 0 Å². The molecule has 1 rings (SSSR count). The largest absolute Gasteiger partial charge is 0.330 e. The zero-order chi connectivity index (χ0) is 8.97. The van der Waals surface area contributed by atoms with E-state index in [1.807, 2.05) is 6.07 Å². The lowest BCUT2D eigenvalue weighted by atomic mass is 10.2. The molecule has 0 aliphatic carbocycles. The standard InChI is InChI=1S/C8H8FN3/c9-8-4-6(5-11)3-7(12-8)1-2-10/h3-4H,1-2,10H2. The van der Waals surface area contributed by atoms with Crippen LogP contribution in [0.4, 0.5) is 4.39 Å². The third-order valence-corrected chi connectivity index (χ3v) is 1.38. The fourth-order valence-corrected chi connectivity index (χ4v) is 0.892. The highest BCUT2D eigenvalue weighted by Crippen LogP contribution is 2.03. The molecule has 0 aliphatic heterocycles. The maximum Gasteiger partial charge on any atom is 0.214 e. The van der Waals surface area contributed by atoms with Crippen LogP contribution >= 0.6 is 0 Å². The van der Waals surface area contributed by atoms with Crippen LogP contribution in [-0.4, -0.2) is 11.5 Å². The number of nitrogens with zero attached hydrogens (tertiary/aromatic N) is 2. The number of hydrogen-bond acceptors (Lipinski definition) is 3. The number of rotatable bonds is 2. The van der Waals surface area contributed by atoms with Crippen molar-refractivity contribution in [2.45, 2.75) is 6.42 Å². The Morgan fingerprint density at radius 1 is 1.58 bits per heavy atom.